The Balaban J connectivity index is 0.00000220. The first-order valence-electron chi connectivity index (χ1n) is 6.40. The van der Waals surface area contributed by atoms with E-state index >= 15 is 0 Å². The van der Waals surface area contributed by atoms with Gasteiger partial charge in [0, 0.05) is 36.9 Å². The Morgan fingerprint density at radius 2 is 1.71 bits per heavy atom. The second-order valence-corrected chi connectivity index (χ2v) is 5.02. The van der Waals surface area contributed by atoms with E-state index in [1.165, 1.54) is 0 Å². The van der Waals surface area contributed by atoms with Crippen molar-refractivity contribution in [3.05, 3.63) is 29.3 Å². The second kappa shape index (κ2) is 8.28. The fraction of sp³-hybridized carbons (Fsp3) is 0.385. The van der Waals surface area contributed by atoms with E-state index in [2.05, 4.69) is 9.89 Å². The summed E-state index contributed by atoms with van der Waals surface area (Å²) in [4.78, 5) is 19.6. The summed E-state index contributed by atoms with van der Waals surface area (Å²) < 4.78 is 0. The van der Waals surface area contributed by atoms with Crippen LogP contribution in [0.25, 0.3) is 0 Å². The fourth-order valence-corrected chi connectivity index (χ4v) is 2.25. The molecular formula is C13H19ClIN5O. The van der Waals surface area contributed by atoms with Crippen molar-refractivity contribution in [1.82, 2.24) is 4.90 Å². The number of anilines is 1. The molecule has 21 heavy (non-hydrogen) atoms. The van der Waals surface area contributed by atoms with Gasteiger partial charge in [-0.25, -0.2) is 4.99 Å². The molecule has 1 fully saturated rings. The molecule has 1 aliphatic rings. The SMILES string of the molecule is I.NC(N)=NCC(=O)N1CCN(c2ccc(Cl)cc2)CC1. The van der Waals surface area contributed by atoms with Gasteiger partial charge in [0.05, 0.1) is 0 Å². The number of benzene rings is 1. The van der Waals surface area contributed by atoms with Crippen molar-refractivity contribution in [2.24, 2.45) is 16.5 Å². The molecule has 6 nitrogen and oxygen atoms in total. The highest BCUT2D eigenvalue weighted by Crippen LogP contribution is 2.19. The Hall–Kier alpha value is -1.22. The van der Waals surface area contributed by atoms with Crippen molar-refractivity contribution in [3.63, 3.8) is 0 Å². The lowest BCUT2D eigenvalue weighted by Crippen LogP contribution is -2.49. The molecule has 1 saturated heterocycles. The number of nitrogens with two attached hydrogens (primary N) is 2. The van der Waals surface area contributed by atoms with Gasteiger partial charge in [-0.1, -0.05) is 11.6 Å². The van der Waals surface area contributed by atoms with Crippen LogP contribution in [0.1, 0.15) is 0 Å². The third kappa shape index (κ3) is 5.24. The minimum Gasteiger partial charge on any atom is -0.370 e. The molecule has 0 aliphatic carbocycles. The highest BCUT2D eigenvalue weighted by atomic mass is 127. The van der Waals surface area contributed by atoms with E-state index in [0.717, 1.165) is 23.8 Å². The zero-order chi connectivity index (χ0) is 14.5. The van der Waals surface area contributed by atoms with Gasteiger partial charge in [0.2, 0.25) is 5.91 Å². The van der Waals surface area contributed by atoms with Crippen LogP contribution in [0.3, 0.4) is 0 Å². The van der Waals surface area contributed by atoms with Crippen LogP contribution in [-0.2, 0) is 4.79 Å². The van der Waals surface area contributed by atoms with Gasteiger partial charge in [-0.05, 0) is 24.3 Å². The number of aliphatic imine (C=N–C) groups is 1. The summed E-state index contributed by atoms with van der Waals surface area (Å²) in [6.45, 7) is 2.93. The molecule has 8 heteroatoms. The van der Waals surface area contributed by atoms with Gasteiger partial charge in [-0.3, -0.25) is 4.79 Å². The standard InChI is InChI=1S/C13H18ClN5O.HI/c14-10-1-3-11(4-2-10)18-5-7-19(8-6-18)12(20)9-17-13(15)16;/h1-4H,5-9H2,(H4,15,16,17);1H. The molecule has 0 atom stereocenters. The third-order valence-electron chi connectivity index (χ3n) is 3.22. The van der Waals surface area contributed by atoms with Crippen molar-refractivity contribution in [2.75, 3.05) is 37.6 Å². The van der Waals surface area contributed by atoms with Crippen LogP contribution in [0.5, 0.6) is 0 Å². The molecule has 1 heterocycles. The van der Waals surface area contributed by atoms with E-state index < -0.39 is 0 Å². The number of hydrogen-bond acceptors (Lipinski definition) is 3. The highest BCUT2D eigenvalue weighted by molar-refractivity contribution is 14.0. The highest BCUT2D eigenvalue weighted by Gasteiger charge is 2.20. The average Bonchev–Trinajstić information content (AvgIpc) is 2.46. The molecule has 0 bridgehead atoms. The van der Waals surface area contributed by atoms with Gasteiger partial charge in [0.15, 0.2) is 5.96 Å². The van der Waals surface area contributed by atoms with Crippen LogP contribution in [0.15, 0.2) is 29.3 Å². The number of nitrogens with zero attached hydrogens (tertiary/aromatic N) is 3. The predicted octanol–water partition coefficient (Wildman–Crippen LogP) is 0.880. The van der Waals surface area contributed by atoms with Crippen molar-refractivity contribution in [2.45, 2.75) is 0 Å². The summed E-state index contributed by atoms with van der Waals surface area (Å²) in [5.41, 5.74) is 11.6. The number of guanidine groups is 1. The molecule has 0 aromatic heterocycles. The summed E-state index contributed by atoms with van der Waals surface area (Å²) in [6, 6.07) is 7.71. The molecule has 0 radical (unpaired) electrons. The van der Waals surface area contributed by atoms with E-state index in [-0.39, 0.29) is 42.4 Å². The molecule has 0 unspecified atom stereocenters. The summed E-state index contributed by atoms with van der Waals surface area (Å²) in [6.07, 6.45) is 0. The zero-order valence-corrected chi connectivity index (χ0v) is 14.6. The largest absolute Gasteiger partial charge is 0.370 e. The first-order chi connectivity index (χ1) is 9.56. The topological polar surface area (TPSA) is 87.9 Å². The minimum atomic E-state index is -0.0573. The van der Waals surface area contributed by atoms with Gasteiger partial charge in [0.1, 0.15) is 6.54 Å². The van der Waals surface area contributed by atoms with Gasteiger partial charge in [-0.2, -0.15) is 0 Å². The van der Waals surface area contributed by atoms with Crippen molar-refractivity contribution < 1.29 is 4.79 Å². The van der Waals surface area contributed by atoms with E-state index in [4.69, 9.17) is 23.1 Å². The first-order valence-corrected chi connectivity index (χ1v) is 6.78. The average molecular weight is 424 g/mol. The van der Waals surface area contributed by atoms with Crippen LogP contribution < -0.4 is 16.4 Å². The number of piperazine rings is 1. The van der Waals surface area contributed by atoms with Gasteiger partial charge < -0.3 is 21.3 Å². The smallest absolute Gasteiger partial charge is 0.244 e. The lowest BCUT2D eigenvalue weighted by atomic mass is 10.2. The van der Waals surface area contributed by atoms with Crippen molar-refractivity contribution in [1.29, 1.82) is 0 Å². The molecule has 116 valence electrons. The van der Waals surface area contributed by atoms with E-state index in [9.17, 15) is 4.79 Å². The van der Waals surface area contributed by atoms with E-state index in [0.29, 0.717) is 13.1 Å². The quantitative estimate of drug-likeness (QED) is 0.429. The van der Waals surface area contributed by atoms with Crippen molar-refractivity contribution in [3.8, 4) is 0 Å². The molecular weight excluding hydrogens is 405 g/mol. The molecule has 1 aliphatic heterocycles. The van der Waals surface area contributed by atoms with Crippen LogP contribution in [-0.4, -0.2) is 49.5 Å². The lowest BCUT2D eigenvalue weighted by Gasteiger charge is -2.36. The molecule has 1 aromatic carbocycles. The van der Waals surface area contributed by atoms with E-state index in [1.54, 1.807) is 4.90 Å². The molecule has 0 saturated carbocycles. The summed E-state index contributed by atoms with van der Waals surface area (Å²) in [7, 11) is 0. The molecule has 2 rings (SSSR count). The minimum absolute atomic E-state index is 0. The predicted molar refractivity (Wildman–Crippen MR) is 96.3 cm³/mol. The maximum Gasteiger partial charge on any atom is 0.244 e. The Kier molecular flexibility index (Phi) is 7.03. The molecule has 4 N–H and O–H groups in total. The monoisotopic (exact) mass is 423 g/mol. The number of carbonyl (C=O) groups is 1. The van der Waals surface area contributed by atoms with Crippen LogP contribution >= 0.6 is 35.6 Å². The lowest BCUT2D eigenvalue weighted by molar-refractivity contribution is -0.129. The van der Waals surface area contributed by atoms with Crippen LogP contribution in [0, 0.1) is 0 Å². The number of hydrogen-bond donors (Lipinski definition) is 2. The Morgan fingerprint density at radius 3 is 2.24 bits per heavy atom. The fourth-order valence-electron chi connectivity index (χ4n) is 2.12. The Bertz CT molecular complexity index is 496. The zero-order valence-electron chi connectivity index (χ0n) is 11.5. The maximum atomic E-state index is 11.9. The molecule has 1 aromatic rings. The van der Waals surface area contributed by atoms with Gasteiger partial charge in [0.25, 0.3) is 0 Å². The van der Waals surface area contributed by atoms with Crippen LogP contribution in [0.2, 0.25) is 5.02 Å². The molecule has 0 spiro atoms. The summed E-state index contributed by atoms with van der Waals surface area (Å²) in [5.74, 6) is -0.104. The number of halogens is 2. The third-order valence-corrected chi connectivity index (χ3v) is 3.47. The van der Waals surface area contributed by atoms with E-state index in [1.807, 2.05) is 24.3 Å². The van der Waals surface area contributed by atoms with Crippen molar-refractivity contribution >= 4 is 53.1 Å². The second-order valence-electron chi connectivity index (χ2n) is 4.59. The Morgan fingerprint density at radius 1 is 1.14 bits per heavy atom. The number of amides is 1. The molecule has 1 amide bonds. The normalized spacial score (nSPS) is 14.3. The summed E-state index contributed by atoms with van der Waals surface area (Å²) >= 11 is 5.87. The van der Waals surface area contributed by atoms with Gasteiger partial charge in [-0.15, -0.1) is 24.0 Å². The number of rotatable bonds is 3. The maximum absolute atomic E-state index is 11.9. The van der Waals surface area contributed by atoms with Crippen LogP contribution in [0.4, 0.5) is 5.69 Å². The summed E-state index contributed by atoms with van der Waals surface area (Å²) in [5, 5.41) is 0.722. The Labute approximate surface area is 146 Å². The van der Waals surface area contributed by atoms with Gasteiger partial charge >= 0.3 is 0 Å². The first kappa shape index (κ1) is 17.8. The number of carbonyl (C=O) groups excluding carboxylic acids is 1.